The lowest BCUT2D eigenvalue weighted by atomic mass is 9.92. The first-order valence-electron chi connectivity index (χ1n) is 8.33. The Morgan fingerprint density at radius 1 is 1.33 bits per heavy atom. The van der Waals surface area contributed by atoms with Crippen molar-refractivity contribution in [3.05, 3.63) is 0 Å². The molecule has 0 bridgehead atoms. The van der Waals surface area contributed by atoms with E-state index in [1.807, 2.05) is 6.92 Å². The predicted octanol–water partition coefficient (Wildman–Crippen LogP) is 0.846. The van der Waals surface area contributed by atoms with E-state index in [2.05, 4.69) is 36.3 Å². The van der Waals surface area contributed by atoms with Gasteiger partial charge in [0.25, 0.3) is 0 Å². The molecule has 2 N–H and O–H groups in total. The number of likely N-dealkylation sites (tertiary alicyclic amines) is 1. The largest absolute Gasteiger partial charge is 0.375 e. The number of nitrogens with zero attached hydrogens (tertiary/aromatic N) is 1. The number of carbonyl (C=O) groups excluding carboxylic acids is 1. The normalized spacial score (nSPS) is 36.2. The second kappa shape index (κ2) is 7.56. The van der Waals surface area contributed by atoms with E-state index in [-0.39, 0.29) is 24.1 Å². The molecule has 2 aliphatic heterocycles. The fourth-order valence-corrected chi connectivity index (χ4v) is 3.73. The molecule has 3 unspecified atom stereocenters. The Bertz CT molecular complexity index is 340. The summed E-state index contributed by atoms with van der Waals surface area (Å²) in [5.74, 6) is 1.57. The van der Waals surface area contributed by atoms with Crippen LogP contribution in [0.5, 0.6) is 0 Å². The van der Waals surface area contributed by atoms with Gasteiger partial charge in [0.05, 0.1) is 12.7 Å². The maximum Gasteiger partial charge on any atom is 0.240 e. The van der Waals surface area contributed by atoms with Crippen molar-refractivity contribution in [3.63, 3.8) is 0 Å². The van der Waals surface area contributed by atoms with Gasteiger partial charge < -0.3 is 20.3 Å². The van der Waals surface area contributed by atoms with Gasteiger partial charge in [0.2, 0.25) is 5.91 Å². The standard InChI is InChI=1S/C16H31N3O2/c1-11-7-12(2)9-19(8-11)10-13(3)18-16(20)15-14(4)21-6-5-17-15/h11-15,17H,5-10H2,1-4H3,(H,18,20)/t11?,12?,13?,14-,15+/m1/s1. The molecule has 2 saturated heterocycles. The van der Waals surface area contributed by atoms with Crippen molar-refractivity contribution in [1.82, 2.24) is 15.5 Å². The number of nitrogens with one attached hydrogen (secondary N) is 2. The molecule has 0 aliphatic carbocycles. The fourth-order valence-electron chi connectivity index (χ4n) is 3.73. The molecule has 0 radical (unpaired) electrons. The van der Waals surface area contributed by atoms with Crippen molar-refractivity contribution in [3.8, 4) is 0 Å². The lowest BCUT2D eigenvalue weighted by Gasteiger charge is -2.37. The van der Waals surface area contributed by atoms with Crippen molar-refractivity contribution >= 4 is 5.91 Å². The Morgan fingerprint density at radius 2 is 2.00 bits per heavy atom. The van der Waals surface area contributed by atoms with Crippen LogP contribution in [0.15, 0.2) is 0 Å². The van der Waals surface area contributed by atoms with Gasteiger partial charge in [-0.15, -0.1) is 0 Å². The molecule has 0 saturated carbocycles. The van der Waals surface area contributed by atoms with Crippen molar-refractivity contribution in [2.45, 2.75) is 52.3 Å². The highest BCUT2D eigenvalue weighted by atomic mass is 16.5. The zero-order valence-electron chi connectivity index (χ0n) is 13.9. The quantitative estimate of drug-likeness (QED) is 0.808. The SMILES string of the molecule is CC1CC(C)CN(CC(C)NC(=O)[C@H]2NCCO[C@@H]2C)C1. The second-order valence-electron chi connectivity index (χ2n) is 7.08. The molecule has 5 atom stereocenters. The van der Waals surface area contributed by atoms with Gasteiger partial charge in [0.1, 0.15) is 6.04 Å². The Morgan fingerprint density at radius 3 is 2.62 bits per heavy atom. The van der Waals surface area contributed by atoms with Gasteiger partial charge >= 0.3 is 0 Å². The average Bonchev–Trinajstić information content (AvgIpc) is 2.37. The lowest BCUT2D eigenvalue weighted by Crippen LogP contribution is -2.58. The number of rotatable bonds is 4. The number of ether oxygens (including phenoxy) is 1. The molecule has 2 aliphatic rings. The number of carbonyl (C=O) groups is 1. The number of morpholine rings is 1. The van der Waals surface area contributed by atoms with Crippen molar-refractivity contribution in [2.24, 2.45) is 11.8 Å². The van der Waals surface area contributed by atoms with Crippen LogP contribution in [0.4, 0.5) is 0 Å². The topological polar surface area (TPSA) is 53.6 Å². The van der Waals surface area contributed by atoms with Gasteiger partial charge in [-0.25, -0.2) is 0 Å². The highest BCUT2D eigenvalue weighted by Crippen LogP contribution is 2.20. The van der Waals surface area contributed by atoms with Crippen LogP contribution in [-0.4, -0.2) is 61.8 Å². The predicted molar refractivity (Wildman–Crippen MR) is 84.2 cm³/mol. The van der Waals surface area contributed by atoms with Gasteiger partial charge in [-0.2, -0.15) is 0 Å². The summed E-state index contributed by atoms with van der Waals surface area (Å²) in [4.78, 5) is 14.8. The lowest BCUT2D eigenvalue weighted by molar-refractivity contribution is -0.129. The molecule has 0 aromatic rings. The third kappa shape index (κ3) is 4.94. The molecule has 0 spiro atoms. The van der Waals surface area contributed by atoms with Crippen molar-refractivity contribution < 1.29 is 9.53 Å². The monoisotopic (exact) mass is 297 g/mol. The second-order valence-corrected chi connectivity index (χ2v) is 7.08. The summed E-state index contributed by atoms with van der Waals surface area (Å²) in [5, 5.41) is 6.37. The summed E-state index contributed by atoms with van der Waals surface area (Å²) in [6.45, 7) is 13.3. The van der Waals surface area contributed by atoms with E-state index in [0.29, 0.717) is 6.61 Å². The van der Waals surface area contributed by atoms with Gasteiger partial charge in [-0.05, 0) is 32.1 Å². The molecular formula is C16H31N3O2. The van der Waals surface area contributed by atoms with E-state index >= 15 is 0 Å². The third-order valence-electron chi connectivity index (χ3n) is 4.46. The smallest absolute Gasteiger partial charge is 0.240 e. The summed E-state index contributed by atoms with van der Waals surface area (Å²) in [6.07, 6.45) is 1.26. The van der Waals surface area contributed by atoms with Gasteiger partial charge in [0, 0.05) is 32.2 Å². The minimum Gasteiger partial charge on any atom is -0.375 e. The van der Waals surface area contributed by atoms with E-state index in [1.165, 1.54) is 6.42 Å². The van der Waals surface area contributed by atoms with Crippen LogP contribution in [0, 0.1) is 11.8 Å². The highest BCUT2D eigenvalue weighted by Gasteiger charge is 2.29. The minimum absolute atomic E-state index is 0.0546. The highest BCUT2D eigenvalue weighted by molar-refractivity contribution is 5.82. The molecule has 122 valence electrons. The minimum atomic E-state index is -0.222. The summed E-state index contributed by atoms with van der Waals surface area (Å²) in [7, 11) is 0. The van der Waals surface area contributed by atoms with E-state index in [4.69, 9.17) is 4.74 Å². The van der Waals surface area contributed by atoms with Crippen LogP contribution >= 0.6 is 0 Å². The summed E-state index contributed by atoms with van der Waals surface area (Å²) in [6, 6.07) is -0.0497. The van der Waals surface area contributed by atoms with Crippen molar-refractivity contribution in [1.29, 1.82) is 0 Å². The van der Waals surface area contributed by atoms with Crippen LogP contribution in [0.3, 0.4) is 0 Å². The molecule has 1 amide bonds. The fraction of sp³-hybridized carbons (Fsp3) is 0.938. The number of amides is 1. The number of piperidine rings is 1. The van der Waals surface area contributed by atoms with Crippen LogP contribution in [0.25, 0.3) is 0 Å². The average molecular weight is 297 g/mol. The van der Waals surface area contributed by atoms with Gasteiger partial charge in [-0.3, -0.25) is 4.79 Å². The van der Waals surface area contributed by atoms with Crippen LogP contribution < -0.4 is 10.6 Å². The molecular weight excluding hydrogens is 266 g/mol. The molecule has 2 heterocycles. The van der Waals surface area contributed by atoms with E-state index < -0.39 is 0 Å². The third-order valence-corrected chi connectivity index (χ3v) is 4.46. The Labute approximate surface area is 128 Å². The maximum atomic E-state index is 12.3. The summed E-state index contributed by atoms with van der Waals surface area (Å²) < 4.78 is 5.54. The molecule has 5 heteroatoms. The Hall–Kier alpha value is -0.650. The molecule has 0 aromatic carbocycles. The molecule has 21 heavy (non-hydrogen) atoms. The summed E-state index contributed by atoms with van der Waals surface area (Å²) in [5.41, 5.74) is 0. The summed E-state index contributed by atoms with van der Waals surface area (Å²) >= 11 is 0. The Balaban J connectivity index is 1.78. The van der Waals surface area contributed by atoms with Crippen LogP contribution in [0.1, 0.15) is 34.1 Å². The maximum absolute atomic E-state index is 12.3. The zero-order valence-corrected chi connectivity index (χ0v) is 13.9. The van der Waals surface area contributed by atoms with Crippen LogP contribution in [0.2, 0.25) is 0 Å². The molecule has 2 fully saturated rings. The molecule has 0 aromatic heterocycles. The Kier molecular flexibility index (Phi) is 6.02. The van der Waals surface area contributed by atoms with E-state index in [9.17, 15) is 4.79 Å². The number of hydrogen-bond acceptors (Lipinski definition) is 4. The first kappa shape index (κ1) is 16.7. The number of hydrogen-bond donors (Lipinski definition) is 2. The molecule has 2 rings (SSSR count). The first-order valence-corrected chi connectivity index (χ1v) is 8.33. The van der Waals surface area contributed by atoms with E-state index in [0.717, 1.165) is 38.0 Å². The zero-order chi connectivity index (χ0) is 15.4. The van der Waals surface area contributed by atoms with E-state index in [1.54, 1.807) is 0 Å². The molecule has 5 nitrogen and oxygen atoms in total. The first-order chi connectivity index (χ1) is 9.95. The van der Waals surface area contributed by atoms with Crippen molar-refractivity contribution in [2.75, 3.05) is 32.8 Å². The van der Waals surface area contributed by atoms with Crippen LogP contribution in [-0.2, 0) is 9.53 Å². The van der Waals surface area contributed by atoms with Gasteiger partial charge in [-0.1, -0.05) is 13.8 Å². The van der Waals surface area contributed by atoms with Gasteiger partial charge in [0.15, 0.2) is 0 Å².